The highest BCUT2D eigenvalue weighted by Crippen LogP contribution is 2.28. The van der Waals surface area contributed by atoms with E-state index in [9.17, 15) is 5.11 Å². The van der Waals surface area contributed by atoms with Crippen LogP contribution in [0, 0.1) is 0 Å². The smallest absolute Gasteiger partial charge is 0.168 e. The molecule has 0 radical (unpaired) electrons. The largest absolute Gasteiger partial charge is 0.506 e. The summed E-state index contributed by atoms with van der Waals surface area (Å²) in [4.78, 5) is 6.76. The Kier molecular flexibility index (Phi) is 2.07. The van der Waals surface area contributed by atoms with Gasteiger partial charge in [0.25, 0.3) is 0 Å². The highest BCUT2D eigenvalue weighted by atomic mass is 16.3. The minimum Gasteiger partial charge on any atom is -0.506 e. The van der Waals surface area contributed by atoms with Crippen LogP contribution < -0.4 is 0 Å². The Hall–Kier alpha value is -1.62. The Morgan fingerprint density at radius 3 is 3.06 bits per heavy atom. The monoisotopic (exact) mass is 218 g/mol. The standard InChI is InChI=1S/C11H14N4O/c1-14-6-2-3-9(14)11-12-10-5-4-8(16)7-15(10)13-11/h4-5,7,9,16H,2-3,6H2,1H3. The van der Waals surface area contributed by atoms with Crippen LogP contribution in [0.1, 0.15) is 24.7 Å². The molecular weight excluding hydrogens is 204 g/mol. The molecule has 1 fully saturated rings. The van der Waals surface area contributed by atoms with E-state index in [-0.39, 0.29) is 5.75 Å². The van der Waals surface area contributed by atoms with Crippen LogP contribution in [0.4, 0.5) is 0 Å². The van der Waals surface area contributed by atoms with E-state index in [2.05, 4.69) is 22.0 Å². The van der Waals surface area contributed by atoms with Crippen molar-refractivity contribution in [3.63, 3.8) is 0 Å². The van der Waals surface area contributed by atoms with Gasteiger partial charge in [-0.1, -0.05) is 0 Å². The Labute approximate surface area is 93.3 Å². The van der Waals surface area contributed by atoms with E-state index in [0.29, 0.717) is 6.04 Å². The van der Waals surface area contributed by atoms with E-state index >= 15 is 0 Å². The van der Waals surface area contributed by atoms with Crippen LogP contribution in [-0.4, -0.2) is 38.2 Å². The Morgan fingerprint density at radius 1 is 1.44 bits per heavy atom. The predicted molar refractivity (Wildman–Crippen MR) is 59.3 cm³/mol. The van der Waals surface area contributed by atoms with Gasteiger partial charge in [-0.2, -0.15) is 0 Å². The Bertz CT molecular complexity index is 522. The summed E-state index contributed by atoms with van der Waals surface area (Å²) in [6, 6.07) is 3.73. The second kappa shape index (κ2) is 3.45. The molecule has 1 aliphatic rings. The zero-order valence-corrected chi connectivity index (χ0v) is 9.17. The van der Waals surface area contributed by atoms with Gasteiger partial charge in [-0.25, -0.2) is 9.50 Å². The third-order valence-electron chi connectivity index (χ3n) is 3.15. The minimum atomic E-state index is 0.212. The molecule has 1 aliphatic heterocycles. The summed E-state index contributed by atoms with van der Waals surface area (Å²) in [6.45, 7) is 1.10. The molecule has 2 aromatic rings. The highest BCUT2D eigenvalue weighted by Gasteiger charge is 2.26. The van der Waals surface area contributed by atoms with Gasteiger partial charge in [0.2, 0.25) is 0 Å². The molecule has 2 aromatic heterocycles. The third kappa shape index (κ3) is 1.44. The van der Waals surface area contributed by atoms with E-state index in [1.165, 1.54) is 6.42 Å². The molecule has 5 nitrogen and oxygen atoms in total. The van der Waals surface area contributed by atoms with Crippen molar-refractivity contribution in [1.82, 2.24) is 19.5 Å². The highest BCUT2D eigenvalue weighted by molar-refractivity contribution is 5.40. The van der Waals surface area contributed by atoms with Crippen LogP contribution in [0.15, 0.2) is 18.3 Å². The SMILES string of the molecule is CN1CCCC1c1nc2ccc(O)cn2n1. The molecule has 3 heterocycles. The maximum Gasteiger partial charge on any atom is 0.168 e. The molecule has 0 spiro atoms. The van der Waals surface area contributed by atoms with Crippen molar-refractivity contribution in [2.75, 3.05) is 13.6 Å². The fraction of sp³-hybridized carbons (Fsp3) is 0.455. The van der Waals surface area contributed by atoms with Crippen molar-refractivity contribution in [3.05, 3.63) is 24.2 Å². The predicted octanol–water partition coefficient (Wildman–Crippen LogP) is 1.20. The quantitative estimate of drug-likeness (QED) is 0.781. The molecule has 0 aliphatic carbocycles. The number of likely N-dealkylation sites (tertiary alicyclic amines) is 1. The molecule has 0 amide bonds. The lowest BCUT2D eigenvalue weighted by molar-refractivity contribution is 0.306. The number of aromatic nitrogens is 3. The number of aromatic hydroxyl groups is 1. The van der Waals surface area contributed by atoms with E-state index in [1.807, 2.05) is 0 Å². The van der Waals surface area contributed by atoms with Crippen LogP contribution in [0.25, 0.3) is 5.65 Å². The van der Waals surface area contributed by atoms with Gasteiger partial charge in [0.05, 0.1) is 12.2 Å². The maximum absolute atomic E-state index is 9.36. The molecule has 1 unspecified atom stereocenters. The molecule has 1 atom stereocenters. The molecule has 0 aromatic carbocycles. The molecule has 1 N–H and O–H groups in total. The molecular formula is C11H14N4O. The number of pyridine rings is 1. The third-order valence-corrected chi connectivity index (χ3v) is 3.15. The Balaban J connectivity index is 2.04. The molecule has 16 heavy (non-hydrogen) atoms. The molecule has 0 bridgehead atoms. The summed E-state index contributed by atoms with van der Waals surface area (Å²) in [5, 5.41) is 13.8. The van der Waals surface area contributed by atoms with Gasteiger partial charge < -0.3 is 5.11 Å². The van der Waals surface area contributed by atoms with Gasteiger partial charge in [0, 0.05) is 0 Å². The lowest BCUT2D eigenvalue weighted by Gasteiger charge is -2.15. The number of hydrogen-bond acceptors (Lipinski definition) is 4. The van der Waals surface area contributed by atoms with Gasteiger partial charge in [0.1, 0.15) is 5.75 Å². The molecule has 3 rings (SSSR count). The summed E-state index contributed by atoms with van der Waals surface area (Å²) in [6.07, 6.45) is 3.89. The van der Waals surface area contributed by atoms with Crippen LogP contribution in [0.3, 0.4) is 0 Å². The first-order valence-corrected chi connectivity index (χ1v) is 5.49. The van der Waals surface area contributed by atoms with Crippen molar-refractivity contribution in [2.45, 2.75) is 18.9 Å². The fourth-order valence-electron chi connectivity index (χ4n) is 2.27. The Morgan fingerprint density at radius 2 is 2.31 bits per heavy atom. The summed E-state index contributed by atoms with van der Waals surface area (Å²) in [7, 11) is 2.10. The number of fused-ring (bicyclic) bond motifs is 1. The van der Waals surface area contributed by atoms with E-state index < -0.39 is 0 Å². The maximum atomic E-state index is 9.36. The van der Waals surface area contributed by atoms with Crippen molar-refractivity contribution in [2.24, 2.45) is 0 Å². The van der Waals surface area contributed by atoms with Crippen molar-refractivity contribution >= 4 is 5.65 Å². The summed E-state index contributed by atoms with van der Waals surface area (Å²) < 4.78 is 1.64. The van der Waals surface area contributed by atoms with Crippen LogP contribution in [0.2, 0.25) is 0 Å². The van der Waals surface area contributed by atoms with E-state index in [1.54, 1.807) is 22.8 Å². The zero-order chi connectivity index (χ0) is 11.1. The van der Waals surface area contributed by atoms with Crippen LogP contribution >= 0.6 is 0 Å². The molecule has 5 heteroatoms. The van der Waals surface area contributed by atoms with Crippen molar-refractivity contribution in [3.8, 4) is 5.75 Å². The van der Waals surface area contributed by atoms with Crippen molar-refractivity contribution in [1.29, 1.82) is 0 Å². The topological polar surface area (TPSA) is 53.7 Å². The first-order chi connectivity index (χ1) is 7.74. The minimum absolute atomic E-state index is 0.212. The number of nitrogens with zero attached hydrogens (tertiary/aromatic N) is 4. The lowest BCUT2D eigenvalue weighted by atomic mass is 10.2. The fourth-order valence-corrected chi connectivity index (χ4v) is 2.27. The van der Waals surface area contributed by atoms with Gasteiger partial charge in [-0.05, 0) is 38.6 Å². The summed E-state index contributed by atoms with van der Waals surface area (Å²) in [5.41, 5.74) is 0.785. The van der Waals surface area contributed by atoms with E-state index in [0.717, 1.165) is 24.4 Å². The molecule has 84 valence electrons. The normalized spacial score (nSPS) is 21.9. The first kappa shape index (κ1) is 9.59. The summed E-state index contributed by atoms with van der Waals surface area (Å²) in [5.74, 6) is 1.06. The van der Waals surface area contributed by atoms with Crippen LogP contribution in [0.5, 0.6) is 5.75 Å². The molecule has 0 saturated carbocycles. The average Bonchev–Trinajstić information content (AvgIpc) is 2.82. The summed E-state index contributed by atoms with van der Waals surface area (Å²) >= 11 is 0. The second-order valence-electron chi connectivity index (χ2n) is 4.30. The lowest BCUT2D eigenvalue weighted by Crippen LogP contribution is -2.18. The first-order valence-electron chi connectivity index (χ1n) is 5.49. The van der Waals surface area contributed by atoms with Crippen LogP contribution in [-0.2, 0) is 0 Å². The van der Waals surface area contributed by atoms with Crippen molar-refractivity contribution < 1.29 is 5.11 Å². The zero-order valence-electron chi connectivity index (χ0n) is 9.17. The molecule has 1 saturated heterocycles. The van der Waals surface area contributed by atoms with Gasteiger partial charge in [-0.15, -0.1) is 5.10 Å². The van der Waals surface area contributed by atoms with Gasteiger partial charge in [0.15, 0.2) is 11.5 Å². The average molecular weight is 218 g/mol. The van der Waals surface area contributed by atoms with Gasteiger partial charge in [-0.3, -0.25) is 4.90 Å². The number of rotatable bonds is 1. The number of hydrogen-bond donors (Lipinski definition) is 1. The van der Waals surface area contributed by atoms with Gasteiger partial charge >= 0.3 is 0 Å². The van der Waals surface area contributed by atoms with E-state index in [4.69, 9.17) is 0 Å². The second-order valence-corrected chi connectivity index (χ2v) is 4.30.